The summed E-state index contributed by atoms with van der Waals surface area (Å²) >= 11 is 0. The number of benzene rings is 6. The molecular weight excluding hydrogens is 436 g/mol. The summed E-state index contributed by atoms with van der Waals surface area (Å²) in [5.41, 5.74) is 8.15. The van der Waals surface area contributed by atoms with E-state index >= 15 is 0 Å². The molecule has 170 valence electrons. The van der Waals surface area contributed by atoms with Gasteiger partial charge in [0.2, 0.25) is 0 Å². The predicted molar refractivity (Wildman–Crippen MR) is 152 cm³/mol. The van der Waals surface area contributed by atoms with E-state index < -0.39 is 0 Å². The van der Waals surface area contributed by atoms with Gasteiger partial charge in [-0.3, -0.25) is 4.57 Å². The van der Waals surface area contributed by atoms with Crippen molar-refractivity contribution in [3.05, 3.63) is 133 Å². The molecule has 1 heterocycles. The molecule has 6 aromatic carbocycles. The Kier molecular flexibility index (Phi) is 4.71. The minimum absolute atomic E-state index is 0.953. The largest absolute Gasteiger partial charge is 0.292 e. The first-order valence-electron chi connectivity index (χ1n) is 12.3. The van der Waals surface area contributed by atoms with E-state index in [0.29, 0.717) is 0 Å². The maximum atomic E-state index is 5.03. The third-order valence-corrected chi connectivity index (χ3v) is 7.20. The first-order valence-corrected chi connectivity index (χ1v) is 12.3. The molecule has 7 aromatic rings. The Morgan fingerprint density at radius 1 is 0.500 bits per heavy atom. The van der Waals surface area contributed by atoms with E-state index in [1.807, 2.05) is 12.1 Å². The van der Waals surface area contributed by atoms with Crippen molar-refractivity contribution in [3.8, 4) is 28.2 Å². The number of aromatic nitrogens is 2. The molecule has 2 nitrogen and oxygen atoms in total. The van der Waals surface area contributed by atoms with Crippen molar-refractivity contribution in [2.75, 3.05) is 0 Å². The van der Waals surface area contributed by atoms with Gasteiger partial charge in [0, 0.05) is 11.3 Å². The molecule has 0 aliphatic rings. The van der Waals surface area contributed by atoms with E-state index in [1.54, 1.807) is 0 Å². The summed E-state index contributed by atoms with van der Waals surface area (Å²) in [6, 6.07) is 45.2. The molecule has 0 bridgehead atoms. The van der Waals surface area contributed by atoms with Crippen LogP contribution in [0.1, 0.15) is 5.56 Å². The van der Waals surface area contributed by atoms with Crippen LogP contribution in [0.2, 0.25) is 0 Å². The van der Waals surface area contributed by atoms with Crippen molar-refractivity contribution in [2.24, 2.45) is 0 Å². The number of hydrogen-bond donors (Lipinski definition) is 0. The molecule has 0 atom stereocenters. The highest BCUT2D eigenvalue weighted by atomic mass is 15.1. The van der Waals surface area contributed by atoms with Gasteiger partial charge >= 0.3 is 0 Å². The van der Waals surface area contributed by atoms with Gasteiger partial charge in [0.1, 0.15) is 5.82 Å². The smallest absolute Gasteiger partial charge is 0.145 e. The van der Waals surface area contributed by atoms with Gasteiger partial charge in [-0.15, -0.1) is 0 Å². The third-order valence-electron chi connectivity index (χ3n) is 7.20. The van der Waals surface area contributed by atoms with Gasteiger partial charge in [-0.25, -0.2) is 4.98 Å². The first-order chi connectivity index (χ1) is 17.8. The fourth-order valence-corrected chi connectivity index (χ4v) is 5.53. The van der Waals surface area contributed by atoms with Crippen LogP contribution in [0, 0.1) is 6.92 Å². The number of hydrogen-bond acceptors (Lipinski definition) is 1. The Hall–Kier alpha value is -4.69. The maximum Gasteiger partial charge on any atom is 0.145 e. The highest BCUT2D eigenvalue weighted by molar-refractivity contribution is 6.15. The zero-order valence-corrected chi connectivity index (χ0v) is 20.0. The van der Waals surface area contributed by atoms with Crippen molar-refractivity contribution in [1.29, 1.82) is 0 Å². The zero-order chi connectivity index (χ0) is 24.1. The van der Waals surface area contributed by atoms with Gasteiger partial charge in [0.15, 0.2) is 0 Å². The molecule has 0 N–H and O–H groups in total. The minimum atomic E-state index is 0.953. The Balaban J connectivity index is 1.43. The minimum Gasteiger partial charge on any atom is -0.292 e. The molecule has 0 aliphatic carbocycles. The molecule has 0 radical (unpaired) electrons. The van der Waals surface area contributed by atoms with Crippen LogP contribution in [-0.4, -0.2) is 9.55 Å². The fraction of sp³-hybridized carbons (Fsp3) is 0.0294. The summed E-state index contributed by atoms with van der Waals surface area (Å²) in [4.78, 5) is 5.03. The predicted octanol–water partition coefficient (Wildman–Crippen LogP) is 8.97. The number of imidazole rings is 1. The van der Waals surface area contributed by atoms with Gasteiger partial charge in [-0.05, 0) is 69.4 Å². The molecule has 0 saturated heterocycles. The average Bonchev–Trinajstić information content (AvgIpc) is 3.34. The van der Waals surface area contributed by atoms with Crippen LogP contribution in [0.4, 0.5) is 0 Å². The van der Waals surface area contributed by atoms with E-state index in [1.165, 1.54) is 38.2 Å². The summed E-state index contributed by atoms with van der Waals surface area (Å²) in [6.45, 7) is 2.24. The molecule has 0 saturated carbocycles. The molecule has 36 heavy (non-hydrogen) atoms. The van der Waals surface area contributed by atoms with Crippen LogP contribution < -0.4 is 0 Å². The van der Waals surface area contributed by atoms with Crippen LogP contribution in [0.5, 0.6) is 0 Å². The van der Waals surface area contributed by atoms with Crippen molar-refractivity contribution >= 4 is 32.6 Å². The summed E-state index contributed by atoms with van der Waals surface area (Å²) in [7, 11) is 0. The van der Waals surface area contributed by atoms with E-state index in [4.69, 9.17) is 4.98 Å². The highest BCUT2D eigenvalue weighted by Gasteiger charge is 2.16. The lowest BCUT2D eigenvalue weighted by molar-refractivity contribution is 1.10. The molecular formula is C34H24N2. The van der Waals surface area contributed by atoms with Crippen molar-refractivity contribution in [2.45, 2.75) is 6.92 Å². The van der Waals surface area contributed by atoms with Gasteiger partial charge in [-0.2, -0.15) is 0 Å². The van der Waals surface area contributed by atoms with E-state index in [0.717, 1.165) is 28.1 Å². The highest BCUT2D eigenvalue weighted by Crippen LogP contribution is 2.39. The second kappa shape index (κ2) is 8.21. The molecule has 0 unspecified atom stereocenters. The number of rotatable bonds is 3. The number of para-hydroxylation sites is 3. The third kappa shape index (κ3) is 3.15. The van der Waals surface area contributed by atoms with Crippen molar-refractivity contribution < 1.29 is 0 Å². The Morgan fingerprint density at radius 2 is 1.06 bits per heavy atom. The van der Waals surface area contributed by atoms with Gasteiger partial charge in [0.25, 0.3) is 0 Å². The second-order valence-corrected chi connectivity index (χ2v) is 9.26. The molecule has 0 spiro atoms. The molecule has 0 fully saturated rings. The number of nitrogens with zero attached hydrogens (tertiary/aromatic N) is 2. The second-order valence-electron chi connectivity index (χ2n) is 9.26. The molecule has 0 amide bonds. The Bertz CT molecular complexity index is 1880. The summed E-state index contributed by atoms with van der Waals surface area (Å²) in [6.07, 6.45) is 0. The average molecular weight is 461 g/mol. The normalized spacial score (nSPS) is 11.5. The summed E-state index contributed by atoms with van der Waals surface area (Å²) < 4.78 is 2.25. The maximum absolute atomic E-state index is 5.03. The lowest BCUT2D eigenvalue weighted by atomic mass is 9.88. The quantitative estimate of drug-likeness (QED) is 0.241. The zero-order valence-electron chi connectivity index (χ0n) is 20.0. The number of fused-ring (bicyclic) bond motifs is 4. The standard InChI is InChI=1S/C34H24N2/c1-23-27-13-5-6-14-28(27)29-15-7-8-16-30(29)33(23)24-19-21-25(22-20-24)34-35-31-17-9-10-18-32(31)36(34)26-11-3-2-4-12-26/h2-22H,1H3. The summed E-state index contributed by atoms with van der Waals surface area (Å²) in [5.74, 6) is 0.953. The molecule has 7 rings (SSSR count). The summed E-state index contributed by atoms with van der Waals surface area (Å²) in [5, 5.41) is 5.20. The van der Waals surface area contributed by atoms with Gasteiger partial charge in [0.05, 0.1) is 11.0 Å². The molecule has 0 aliphatic heterocycles. The Morgan fingerprint density at radius 3 is 1.81 bits per heavy atom. The number of aryl methyl sites for hydroxylation is 1. The van der Waals surface area contributed by atoms with E-state index in [2.05, 4.69) is 127 Å². The molecule has 2 heteroatoms. The fourth-order valence-electron chi connectivity index (χ4n) is 5.53. The monoisotopic (exact) mass is 460 g/mol. The lowest BCUT2D eigenvalue weighted by Gasteiger charge is -2.16. The lowest BCUT2D eigenvalue weighted by Crippen LogP contribution is -1.97. The first kappa shape index (κ1) is 20.7. The van der Waals surface area contributed by atoms with Gasteiger partial charge in [-0.1, -0.05) is 103 Å². The van der Waals surface area contributed by atoms with Crippen LogP contribution in [0.15, 0.2) is 127 Å². The Labute approximate surface area is 210 Å². The topological polar surface area (TPSA) is 17.8 Å². The molecule has 1 aromatic heterocycles. The van der Waals surface area contributed by atoms with E-state index in [9.17, 15) is 0 Å². The van der Waals surface area contributed by atoms with Crippen LogP contribution in [0.3, 0.4) is 0 Å². The van der Waals surface area contributed by atoms with Crippen molar-refractivity contribution in [1.82, 2.24) is 9.55 Å². The SMILES string of the molecule is Cc1c(-c2ccc(-c3nc4ccccc4n3-c3ccccc3)cc2)c2ccccc2c2ccccc12. The van der Waals surface area contributed by atoms with Gasteiger partial charge < -0.3 is 0 Å². The van der Waals surface area contributed by atoms with E-state index in [-0.39, 0.29) is 0 Å². The van der Waals surface area contributed by atoms with Crippen LogP contribution in [0.25, 0.3) is 60.8 Å². The van der Waals surface area contributed by atoms with Crippen molar-refractivity contribution in [3.63, 3.8) is 0 Å². The van der Waals surface area contributed by atoms with Crippen LogP contribution >= 0.6 is 0 Å². The van der Waals surface area contributed by atoms with Crippen LogP contribution in [-0.2, 0) is 0 Å².